The summed E-state index contributed by atoms with van der Waals surface area (Å²) in [7, 11) is -3.61. The molecule has 8 nitrogen and oxygen atoms in total. The van der Waals surface area contributed by atoms with Gasteiger partial charge in [-0.25, -0.2) is 8.42 Å². The number of sulfone groups is 1. The molecule has 1 aliphatic rings. The highest BCUT2D eigenvalue weighted by Crippen LogP contribution is 2.19. The number of carbonyl (C=O) groups excluding carboxylic acids is 1. The van der Waals surface area contributed by atoms with E-state index >= 15 is 0 Å². The van der Waals surface area contributed by atoms with Gasteiger partial charge >= 0.3 is 11.8 Å². The van der Waals surface area contributed by atoms with Crippen molar-refractivity contribution >= 4 is 15.7 Å². The molecule has 1 saturated heterocycles. The minimum atomic E-state index is -3.61. The van der Waals surface area contributed by atoms with E-state index in [1.54, 1.807) is 18.2 Å². The van der Waals surface area contributed by atoms with Crippen molar-refractivity contribution in [1.82, 2.24) is 20.4 Å². The molecule has 2 aromatic carbocycles. The summed E-state index contributed by atoms with van der Waals surface area (Å²) in [5, 5.41) is 6.51. The maximum atomic E-state index is 12.4. The van der Waals surface area contributed by atoms with Crippen molar-refractivity contribution in [2.45, 2.75) is 37.0 Å². The highest BCUT2D eigenvalue weighted by atomic mass is 32.2. The van der Waals surface area contributed by atoms with Gasteiger partial charge in [0.15, 0.2) is 15.7 Å². The Morgan fingerprint density at radius 1 is 1.09 bits per heavy atom. The van der Waals surface area contributed by atoms with E-state index in [2.05, 4.69) is 51.5 Å². The number of aromatic nitrogens is 2. The number of likely N-dealkylation sites (tertiary alicyclic amines) is 1. The molecule has 33 heavy (non-hydrogen) atoms. The maximum Gasteiger partial charge on any atom is 0.315 e. The van der Waals surface area contributed by atoms with Gasteiger partial charge in [-0.05, 0) is 56.5 Å². The molecule has 9 heteroatoms. The van der Waals surface area contributed by atoms with Crippen LogP contribution >= 0.6 is 0 Å². The van der Waals surface area contributed by atoms with E-state index in [0.717, 1.165) is 32.5 Å². The quantitative estimate of drug-likeness (QED) is 0.542. The molecule has 3 aromatic rings. The minimum Gasteiger partial charge on any atom is -0.348 e. The van der Waals surface area contributed by atoms with Gasteiger partial charge in [0.05, 0.1) is 4.90 Å². The van der Waals surface area contributed by atoms with Crippen molar-refractivity contribution in [3.8, 4) is 0 Å². The Balaban J connectivity index is 1.23. The molecule has 1 fully saturated rings. The molecular formula is C24H28N4O4S. The lowest BCUT2D eigenvalue weighted by Crippen LogP contribution is -2.38. The summed E-state index contributed by atoms with van der Waals surface area (Å²) in [5.41, 5.74) is 2.58. The number of aryl methyl sites for hydroxylation is 1. The Hall–Kier alpha value is -3.04. The molecule has 1 aromatic heterocycles. The van der Waals surface area contributed by atoms with E-state index in [1.165, 1.54) is 23.3 Å². The van der Waals surface area contributed by atoms with Crippen molar-refractivity contribution in [3.05, 3.63) is 77.4 Å². The predicted octanol–water partition coefficient (Wildman–Crippen LogP) is 2.99. The third kappa shape index (κ3) is 6.27. The Labute approximate surface area is 193 Å². The molecule has 0 unspecified atom stereocenters. The van der Waals surface area contributed by atoms with Crippen LogP contribution in [0.2, 0.25) is 0 Å². The average molecular weight is 469 g/mol. The summed E-state index contributed by atoms with van der Waals surface area (Å²) >= 11 is 0. The van der Waals surface area contributed by atoms with E-state index in [1.807, 2.05) is 0 Å². The van der Waals surface area contributed by atoms with Crippen LogP contribution in [0, 0.1) is 12.8 Å². The summed E-state index contributed by atoms with van der Waals surface area (Å²) in [6.45, 7) is 5.52. The lowest BCUT2D eigenvalue weighted by molar-refractivity contribution is 0.0891. The van der Waals surface area contributed by atoms with Gasteiger partial charge in [0, 0.05) is 13.1 Å². The lowest BCUT2D eigenvalue weighted by atomic mass is 9.96. The normalized spacial score (nSPS) is 15.4. The molecule has 2 heterocycles. The molecule has 1 aliphatic heterocycles. The third-order valence-corrected chi connectivity index (χ3v) is 7.50. The number of amides is 1. The van der Waals surface area contributed by atoms with Crippen LogP contribution in [0.3, 0.4) is 0 Å². The Kier molecular flexibility index (Phi) is 7.20. The zero-order chi connectivity index (χ0) is 23.3. The summed E-state index contributed by atoms with van der Waals surface area (Å²) in [6.07, 6.45) is 1.99. The van der Waals surface area contributed by atoms with Gasteiger partial charge in [0.2, 0.25) is 0 Å². The van der Waals surface area contributed by atoms with E-state index in [9.17, 15) is 13.2 Å². The van der Waals surface area contributed by atoms with E-state index in [4.69, 9.17) is 4.52 Å². The first-order valence-electron chi connectivity index (χ1n) is 11.1. The van der Waals surface area contributed by atoms with Crippen molar-refractivity contribution in [1.29, 1.82) is 0 Å². The SMILES string of the molecule is Cc1ccc(CN2CCC(CNC(=O)c3nc(CS(=O)(=O)c4ccccc4)no3)CC2)cc1. The summed E-state index contributed by atoms with van der Waals surface area (Å²) < 4.78 is 29.9. The molecule has 0 aliphatic carbocycles. The Morgan fingerprint density at radius 2 is 1.79 bits per heavy atom. The largest absolute Gasteiger partial charge is 0.348 e. The molecular weight excluding hydrogens is 440 g/mol. The van der Waals surface area contributed by atoms with Crippen LogP contribution in [-0.2, 0) is 22.1 Å². The van der Waals surface area contributed by atoms with E-state index < -0.39 is 21.5 Å². The van der Waals surface area contributed by atoms with Gasteiger partial charge in [0.1, 0.15) is 5.75 Å². The van der Waals surface area contributed by atoms with Gasteiger partial charge < -0.3 is 9.84 Å². The standard InChI is InChI=1S/C24H28N4O4S/c1-18-7-9-20(10-8-18)16-28-13-11-19(12-14-28)15-25-23(29)24-26-22(27-32-24)17-33(30,31)21-5-3-2-4-6-21/h2-10,19H,11-17H2,1H3,(H,25,29). The number of nitrogens with one attached hydrogen (secondary N) is 1. The van der Waals surface area contributed by atoms with Gasteiger partial charge in [-0.2, -0.15) is 4.98 Å². The van der Waals surface area contributed by atoms with Crippen molar-refractivity contribution < 1.29 is 17.7 Å². The second-order valence-electron chi connectivity index (χ2n) is 8.50. The summed E-state index contributed by atoms with van der Waals surface area (Å²) in [4.78, 5) is 19.0. The predicted molar refractivity (Wildman–Crippen MR) is 123 cm³/mol. The molecule has 0 bridgehead atoms. The van der Waals surface area contributed by atoms with Crippen LogP contribution in [0.1, 0.15) is 40.5 Å². The fourth-order valence-electron chi connectivity index (χ4n) is 3.90. The van der Waals surface area contributed by atoms with Crippen molar-refractivity contribution in [3.63, 3.8) is 0 Å². The molecule has 0 atom stereocenters. The van der Waals surface area contributed by atoms with Crippen LogP contribution in [0.4, 0.5) is 0 Å². The van der Waals surface area contributed by atoms with Crippen molar-refractivity contribution in [2.24, 2.45) is 5.92 Å². The topological polar surface area (TPSA) is 105 Å². The number of carbonyl (C=O) groups is 1. The van der Waals surface area contributed by atoms with Crippen molar-refractivity contribution in [2.75, 3.05) is 19.6 Å². The number of nitrogens with zero attached hydrogens (tertiary/aromatic N) is 3. The number of rotatable bonds is 8. The number of hydrogen-bond donors (Lipinski definition) is 1. The zero-order valence-electron chi connectivity index (χ0n) is 18.6. The Morgan fingerprint density at radius 3 is 2.48 bits per heavy atom. The smallest absolute Gasteiger partial charge is 0.315 e. The third-order valence-electron chi connectivity index (χ3n) is 5.87. The second kappa shape index (κ2) is 10.3. The van der Waals surface area contributed by atoms with Gasteiger partial charge in [-0.15, -0.1) is 0 Å². The van der Waals surface area contributed by atoms with Crippen LogP contribution in [0.15, 0.2) is 64.0 Å². The number of benzene rings is 2. The molecule has 4 rings (SSSR count). The summed E-state index contributed by atoms with van der Waals surface area (Å²) in [6, 6.07) is 16.7. The molecule has 0 radical (unpaired) electrons. The van der Waals surface area contributed by atoms with Crippen LogP contribution in [0.25, 0.3) is 0 Å². The molecule has 1 N–H and O–H groups in total. The molecule has 0 saturated carbocycles. The van der Waals surface area contributed by atoms with E-state index in [-0.39, 0.29) is 16.6 Å². The zero-order valence-corrected chi connectivity index (χ0v) is 19.4. The van der Waals surface area contributed by atoms with Gasteiger partial charge in [-0.3, -0.25) is 9.69 Å². The highest BCUT2D eigenvalue weighted by Gasteiger charge is 2.23. The summed E-state index contributed by atoms with van der Waals surface area (Å²) in [5.74, 6) is -0.775. The fourth-order valence-corrected chi connectivity index (χ4v) is 5.09. The molecule has 174 valence electrons. The number of piperidine rings is 1. The van der Waals surface area contributed by atoms with Crippen LogP contribution in [-0.4, -0.2) is 49.0 Å². The number of hydrogen-bond acceptors (Lipinski definition) is 7. The van der Waals surface area contributed by atoms with E-state index in [0.29, 0.717) is 12.5 Å². The van der Waals surface area contributed by atoms with Crippen LogP contribution in [0.5, 0.6) is 0 Å². The maximum absolute atomic E-state index is 12.4. The monoisotopic (exact) mass is 468 g/mol. The minimum absolute atomic E-state index is 0.0339. The fraction of sp³-hybridized carbons (Fsp3) is 0.375. The first-order valence-corrected chi connectivity index (χ1v) is 12.7. The molecule has 1 amide bonds. The van der Waals surface area contributed by atoms with Gasteiger partial charge in [0.25, 0.3) is 0 Å². The van der Waals surface area contributed by atoms with Gasteiger partial charge in [-0.1, -0.05) is 53.2 Å². The lowest BCUT2D eigenvalue weighted by Gasteiger charge is -2.32. The highest BCUT2D eigenvalue weighted by molar-refractivity contribution is 7.90. The first kappa shape index (κ1) is 23.1. The second-order valence-corrected chi connectivity index (χ2v) is 10.5. The van der Waals surface area contributed by atoms with Crippen LogP contribution < -0.4 is 5.32 Å². The molecule has 0 spiro atoms. The Bertz CT molecular complexity index is 1170. The first-order chi connectivity index (χ1) is 15.9. The average Bonchev–Trinajstić information content (AvgIpc) is 3.28.